The predicted molar refractivity (Wildman–Crippen MR) is 43.6 cm³/mol. The third-order valence-electron chi connectivity index (χ3n) is 1.69. The maximum Gasteiger partial charge on any atom is 0.195 e. The van der Waals surface area contributed by atoms with Crippen LogP contribution in [0.1, 0.15) is 17.4 Å². The van der Waals surface area contributed by atoms with Crippen LogP contribution in [0.4, 0.5) is 0 Å². The van der Waals surface area contributed by atoms with Gasteiger partial charge in [-0.15, -0.1) is 0 Å². The fourth-order valence-corrected chi connectivity index (χ4v) is 0.848. The third-order valence-corrected chi connectivity index (χ3v) is 1.69. The molecule has 0 aliphatic carbocycles. The molecule has 3 nitrogen and oxygen atoms in total. The van der Waals surface area contributed by atoms with E-state index in [1.165, 1.54) is 0 Å². The zero-order chi connectivity index (χ0) is 8.27. The molecular formula is C8H12N2O. The van der Waals surface area contributed by atoms with E-state index in [0.29, 0.717) is 5.69 Å². The quantitative estimate of drug-likeness (QED) is 0.629. The first-order valence-electron chi connectivity index (χ1n) is 3.60. The van der Waals surface area contributed by atoms with Crippen LogP contribution in [-0.4, -0.2) is 23.9 Å². The minimum absolute atomic E-state index is 0.0949. The van der Waals surface area contributed by atoms with Crippen LogP contribution in [0.3, 0.4) is 0 Å². The molecule has 11 heavy (non-hydrogen) atoms. The van der Waals surface area contributed by atoms with Crippen molar-refractivity contribution in [3.63, 3.8) is 0 Å². The lowest BCUT2D eigenvalue weighted by Gasteiger charge is -2.05. The lowest BCUT2D eigenvalue weighted by Crippen LogP contribution is -2.30. The van der Waals surface area contributed by atoms with Crippen molar-refractivity contribution in [2.24, 2.45) is 0 Å². The second-order valence-electron chi connectivity index (χ2n) is 2.46. The van der Waals surface area contributed by atoms with Crippen molar-refractivity contribution in [2.75, 3.05) is 7.05 Å². The monoisotopic (exact) mass is 152 g/mol. The van der Waals surface area contributed by atoms with Gasteiger partial charge in [-0.25, -0.2) is 0 Å². The first-order valence-corrected chi connectivity index (χ1v) is 3.60. The molecule has 0 spiro atoms. The Morgan fingerprint density at radius 1 is 1.73 bits per heavy atom. The van der Waals surface area contributed by atoms with Gasteiger partial charge in [-0.2, -0.15) is 0 Å². The third kappa shape index (κ3) is 1.68. The highest BCUT2D eigenvalue weighted by atomic mass is 16.1. The molecule has 0 aliphatic heterocycles. The number of aromatic amines is 1. The Balaban J connectivity index is 2.70. The Bertz CT molecular complexity index is 228. The molecular weight excluding hydrogens is 140 g/mol. The van der Waals surface area contributed by atoms with Gasteiger partial charge in [0.15, 0.2) is 5.78 Å². The van der Waals surface area contributed by atoms with Crippen molar-refractivity contribution >= 4 is 5.78 Å². The molecule has 1 atom stereocenters. The smallest absolute Gasteiger partial charge is 0.195 e. The maximum atomic E-state index is 11.3. The molecule has 2 N–H and O–H groups in total. The van der Waals surface area contributed by atoms with E-state index >= 15 is 0 Å². The van der Waals surface area contributed by atoms with Crippen LogP contribution >= 0.6 is 0 Å². The Kier molecular flexibility index (Phi) is 2.44. The fourth-order valence-electron chi connectivity index (χ4n) is 0.848. The van der Waals surface area contributed by atoms with Crippen LogP contribution < -0.4 is 5.32 Å². The molecule has 0 fully saturated rings. The van der Waals surface area contributed by atoms with E-state index in [0.717, 1.165) is 0 Å². The Labute approximate surface area is 65.8 Å². The van der Waals surface area contributed by atoms with E-state index in [4.69, 9.17) is 0 Å². The van der Waals surface area contributed by atoms with Crippen LogP contribution in [0.15, 0.2) is 18.3 Å². The summed E-state index contributed by atoms with van der Waals surface area (Å²) < 4.78 is 0. The van der Waals surface area contributed by atoms with Gasteiger partial charge < -0.3 is 10.3 Å². The van der Waals surface area contributed by atoms with Gasteiger partial charge in [0.25, 0.3) is 0 Å². The highest BCUT2D eigenvalue weighted by Crippen LogP contribution is 1.99. The summed E-state index contributed by atoms with van der Waals surface area (Å²) in [5.41, 5.74) is 0.659. The van der Waals surface area contributed by atoms with Crippen molar-refractivity contribution in [1.29, 1.82) is 0 Å². The van der Waals surface area contributed by atoms with Gasteiger partial charge in [0.2, 0.25) is 0 Å². The number of nitrogens with one attached hydrogen (secondary N) is 2. The van der Waals surface area contributed by atoms with Gasteiger partial charge in [-0.05, 0) is 26.1 Å². The number of aromatic nitrogens is 1. The van der Waals surface area contributed by atoms with Crippen molar-refractivity contribution in [3.8, 4) is 0 Å². The molecule has 1 aromatic rings. The van der Waals surface area contributed by atoms with Gasteiger partial charge in [-0.3, -0.25) is 4.79 Å². The second-order valence-corrected chi connectivity index (χ2v) is 2.46. The zero-order valence-corrected chi connectivity index (χ0v) is 6.72. The summed E-state index contributed by atoms with van der Waals surface area (Å²) in [6.45, 7) is 1.84. The van der Waals surface area contributed by atoms with Crippen LogP contribution in [-0.2, 0) is 0 Å². The van der Waals surface area contributed by atoms with Crippen molar-refractivity contribution < 1.29 is 4.79 Å². The van der Waals surface area contributed by atoms with Crippen LogP contribution in [0.25, 0.3) is 0 Å². The Morgan fingerprint density at radius 2 is 2.45 bits per heavy atom. The minimum Gasteiger partial charge on any atom is -0.359 e. The lowest BCUT2D eigenvalue weighted by molar-refractivity contribution is 0.0950. The number of carbonyl (C=O) groups excluding carboxylic acids is 1. The number of rotatable bonds is 3. The highest BCUT2D eigenvalue weighted by Gasteiger charge is 2.12. The second kappa shape index (κ2) is 3.34. The fraction of sp³-hybridized carbons (Fsp3) is 0.375. The summed E-state index contributed by atoms with van der Waals surface area (Å²) in [4.78, 5) is 14.2. The lowest BCUT2D eigenvalue weighted by atomic mass is 10.1. The number of H-pyrrole nitrogens is 1. The molecule has 0 saturated heterocycles. The topological polar surface area (TPSA) is 44.9 Å². The van der Waals surface area contributed by atoms with Crippen molar-refractivity contribution in [2.45, 2.75) is 13.0 Å². The van der Waals surface area contributed by atoms with Crippen molar-refractivity contribution in [3.05, 3.63) is 24.0 Å². The summed E-state index contributed by atoms with van der Waals surface area (Å²) in [5, 5.41) is 2.88. The molecule has 0 bridgehead atoms. The first kappa shape index (κ1) is 8.01. The van der Waals surface area contributed by atoms with E-state index in [9.17, 15) is 4.79 Å². The van der Waals surface area contributed by atoms with E-state index in [1.54, 1.807) is 19.3 Å². The predicted octanol–water partition coefficient (Wildman–Crippen LogP) is 0.805. The van der Waals surface area contributed by atoms with Gasteiger partial charge >= 0.3 is 0 Å². The van der Waals surface area contributed by atoms with Crippen LogP contribution in [0.5, 0.6) is 0 Å². The Morgan fingerprint density at radius 3 is 2.91 bits per heavy atom. The summed E-state index contributed by atoms with van der Waals surface area (Å²) >= 11 is 0. The minimum atomic E-state index is -0.117. The average molecular weight is 152 g/mol. The Hall–Kier alpha value is -1.09. The molecule has 1 aromatic heterocycles. The van der Waals surface area contributed by atoms with E-state index in [2.05, 4.69) is 10.3 Å². The maximum absolute atomic E-state index is 11.3. The summed E-state index contributed by atoms with van der Waals surface area (Å²) in [6.07, 6.45) is 1.75. The highest BCUT2D eigenvalue weighted by molar-refractivity contribution is 5.98. The molecule has 0 aliphatic rings. The number of likely N-dealkylation sites (N-methyl/N-ethyl adjacent to an activating group) is 1. The summed E-state index contributed by atoms with van der Waals surface area (Å²) in [7, 11) is 1.77. The van der Waals surface area contributed by atoms with Gasteiger partial charge in [-0.1, -0.05) is 0 Å². The standard InChI is InChI=1S/C8H12N2O/c1-6(9-2)8(11)7-4-3-5-10-7/h3-6,9-10H,1-2H3. The normalized spacial score (nSPS) is 12.9. The summed E-state index contributed by atoms with van der Waals surface area (Å²) in [6, 6.07) is 3.47. The molecule has 0 radical (unpaired) electrons. The van der Waals surface area contributed by atoms with Gasteiger partial charge in [0.1, 0.15) is 0 Å². The number of carbonyl (C=O) groups is 1. The molecule has 60 valence electrons. The number of Topliss-reactive ketones (excluding diaryl/α,β-unsaturated/α-hetero) is 1. The van der Waals surface area contributed by atoms with E-state index in [-0.39, 0.29) is 11.8 Å². The first-order chi connectivity index (χ1) is 5.25. The molecule has 1 unspecified atom stereocenters. The number of hydrogen-bond donors (Lipinski definition) is 2. The SMILES string of the molecule is CNC(C)C(=O)c1ccc[nH]1. The van der Waals surface area contributed by atoms with E-state index in [1.807, 2.05) is 13.0 Å². The van der Waals surface area contributed by atoms with Crippen LogP contribution in [0, 0.1) is 0 Å². The average Bonchev–Trinajstić information content (AvgIpc) is 2.53. The van der Waals surface area contributed by atoms with Gasteiger partial charge in [0, 0.05) is 6.20 Å². The molecule has 0 saturated carbocycles. The number of hydrogen-bond acceptors (Lipinski definition) is 2. The largest absolute Gasteiger partial charge is 0.359 e. The van der Waals surface area contributed by atoms with E-state index < -0.39 is 0 Å². The van der Waals surface area contributed by atoms with Crippen LogP contribution in [0.2, 0.25) is 0 Å². The zero-order valence-electron chi connectivity index (χ0n) is 6.72. The molecule has 0 amide bonds. The molecule has 0 aromatic carbocycles. The molecule has 1 rings (SSSR count). The van der Waals surface area contributed by atoms with Gasteiger partial charge in [0.05, 0.1) is 11.7 Å². The van der Waals surface area contributed by atoms with Crippen molar-refractivity contribution in [1.82, 2.24) is 10.3 Å². The molecule has 3 heteroatoms. The summed E-state index contributed by atoms with van der Waals surface area (Å²) in [5.74, 6) is 0.0949. The molecule has 1 heterocycles. The number of ketones is 1.